The van der Waals surface area contributed by atoms with Gasteiger partial charge in [0.2, 0.25) is 15.9 Å². The number of fused-ring (bicyclic) bond motifs is 1. The number of sulfonamides is 1. The zero-order valence-corrected chi connectivity index (χ0v) is 19.1. The van der Waals surface area contributed by atoms with E-state index in [0.717, 1.165) is 30.4 Å². The molecule has 0 aromatic heterocycles. The van der Waals surface area contributed by atoms with Crippen LogP contribution in [0.2, 0.25) is 5.02 Å². The molecule has 5 nitrogen and oxygen atoms in total. The maximum Gasteiger partial charge on any atom is 0.243 e. The molecule has 32 heavy (non-hydrogen) atoms. The number of hydrogen-bond donors (Lipinski definition) is 1. The second-order valence-electron chi connectivity index (χ2n) is 7.92. The van der Waals surface area contributed by atoms with E-state index in [4.69, 9.17) is 11.6 Å². The maximum atomic E-state index is 13.4. The number of halogens is 1. The summed E-state index contributed by atoms with van der Waals surface area (Å²) < 4.78 is 28.0. The molecule has 0 saturated heterocycles. The van der Waals surface area contributed by atoms with Crippen LogP contribution < -0.4 is 5.32 Å². The van der Waals surface area contributed by atoms with Gasteiger partial charge in [-0.3, -0.25) is 4.79 Å². The van der Waals surface area contributed by atoms with Crippen LogP contribution in [0, 0.1) is 0 Å². The zero-order valence-electron chi connectivity index (χ0n) is 17.6. The van der Waals surface area contributed by atoms with E-state index < -0.39 is 10.0 Å². The summed E-state index contributed by atoms with van der Waals surface area (Å²) in [6.07, 6.45) is 2.82. The van der Waals surface area contributed by atoms with Crippen molar-refractivity contribution >= 4 is 27.5 Å². The molecule has 1 aliphatic rings. The normalized spacial score (nSPS) is 15.9. The third-order valence-corrected chi connectivity index (χ3v) is 7.74. The molecule has 1 aliphatic carbocycles. The Bertz CT molecular complexity index is 1180. The first kappa shape index (κ1) is 22.5. The quantitative estimate of drug-likeness (QED) is 0.545. The lowest BCUT2D eigenvalue weighted by Gasteiger charge is -2.28. The minimum atomic E-state index is -3.90. The van der Waals surface area contributed by atoms with Crippen molar-refractivity contribution in [2.24, 2.45) is 0 Å². The fourth-order valence-electron chi connectivity index (χ4n) is 4.07. The Labute approximate surface area is 194 Å². The Kier molecular flexibility index (Phi) is 6.94. The number of hydrogen-bond acceptors (Lipinski definition) is 3. The Balaban J connectivity index is 1.56. The highest BCUT2D eigenvalue weighted by Gasteiger charge is 2.29. The van der Waals surface area contributed by atoms with Crippen LogP contribution in [-0.2, 0) is 27.8 Å². The van der Waals surface area contributed by atoms with Crippen LogP contribution in [-0.4, -0.2) is 25.2 Å². The second kappa shape index (κ2) is 9.86. The van der Waals surface area contributed by atoms with Crippen LogP contribution in [0.25, 0.3) is 0 Å². The molecule has 4 rings (SSSR count). The summed E-state index contributed by atoms with van der Waals surface area (Å²) in [5.41, 5.74) is 3.15. The lowest BCUT2D eigenvalue weighted by Crippen LogP contribution is -2.42. The molecule has 0 radical (unpaired) electrons. The van der Waals surface area contributed by atoms with Crippen molar-refractivity contribution < 1.29 is 13.2 Å². The Morgan fingerprint density at radius 2 is 1.66 bits per heavy atom. The molecule has 1 atom stereocenters. The van der Waals surface area contributed by atoms with Crippen LogP contribution >= 0.6 is 11.6 Å². The standard InChI is InChI=1S/C25H25ClN2O3S/c26-21-13-15-22(16-14-21)32(30,31)28(17-19-7-2-1-3-8-19)18-25(29)27-24-12-6-10-20-9-4-5-11-23(20)24/h1-5,7-9,11,13-16,24H,6,10,12,17-18H2,(H,27,29)/t24-/m0/s1. The average molecular weight is 469 g/mol. The highest BCUT2D eigenvalue weighted by atomic mass is 35.5. The van der Waals surface area contributed by atoms with Gasteiger partial charge in [-0.25, -0.2) is 8.42 Å². The van der Waals surface area contributed by atoms with Gasteiger partial charge in [0, 0.05) is 11.6 Å². The van der Waals surface area contributed by atoms with Gasteiger partial charge in [-0.1, -0.05) is 66.2 Å². The molecule has 0 fully saturated rings. The first-order valence-corrected chi connectivity index (χ1v) is 12.4. The van der Waals surface area contributed by atoms with Crippen molar-refractivity contribution in [1.29, 1.82) is 0 Å². The molecule has 1 N–H and O–H groups in total. The zero-order chi connectivity index (χ0) is 22.6. The van der Waals surface area contributed by atoms with Gasteiger partial charge in [0.25, 0.3) is 0 Å². The lowest BCUT2D eigenvalue weighted by atomic mass is 9.88. The van der Waals surface area contributed by atoms with Crippen LogP contribution in [0.3, 0.4) is 0 Å². The molecule has 0 heterocycles. The smallest absolute Gasteiger partial charge is 0.243 e. The van der Waals surface area contributed by atoms with Crippen LogP contribution in [0.5, 0.6) is 0 Å². The summed E-state index contributed by atoms with van der Waals surface area (Å²) >= 11 is 5.93. The van der Waals surface area contributed by atoms with Crippen LogP contribution in [0.4, 0.5) is 0 Å². The molecule has 0 aliphatic heterocycles. The molecule has 0 saturated carbocycles. The highest BCUT2D eigenvalue weighted by molar-refractivity contribution is 7.89. The van der Waals surface area contributed by atoms with E-state index in [1.54, 1.807) is 0 Å². The second-order valence-corrected chi connectivity index (χ2v) is 10.3. The van der Waals surface area contributed by atoms with Crippen LogP contribution in [0.1, 0.15) is 35.6 Å². The number of benzene rings is 3. The number of nitrogens with zero attached hydrogens (tertiary/aromatic N) is 1. The van der Waals surface area contributed by atoms with E-state index in [1.807, 2.05) is 48.5 Å². The van der Waals surface area contributed by atoms with E-state index >= 15 is 0 Å². The summed E-state index contributed by atoms with van der Waals surface area (Å²) in [4.78, 5) is 13.1. The van der Waals surface area contributed by atoms with Gasteiger partial charge in [0.05, 0.1) is 17.5 Å². The van der Waals surface area contributed by atoms with E-state index in [9.17, 15) is 13.2 Å². The number of rotatable bonds is 7. The first-order chi connectivity index (χ1) is 15.4. The predicted octanol–water partition coefficient (Wildman–Crippen LogP) is 4.72. The van der Waals surface area contributed by atoms with E-state index in [0.29, 0.717) is 5.02 Å². The van der Waals surface area contributed by atoms with Gasteiger partial charge < -0.3 is 5.32 Å². The Morgan fingerprint density at radius 3 is 2.41 bits per heavy atom. The van der Waals surface area contributed by atoms with Crippen molar-refractivity contribution in [3.8, 4) is 0 Å². The summed E-state index contributed by atoms with van der Waals surface area (Å²) in [6, 6.07) is 23.2. The summed E-state index contributed by atoms with van der Waals surface area (Å²) in [6.45, 7) is -0.168. The molecule has 3 aromatic rings. The fraction of sp³-hybridized carbons (Fsp3) is 0.240. The molecule has 1 amide bonds. The molecule has 166 valence electrons. The SMILES string of the molecule is O=C(CN(Cc1ccccc1)S(=O)(=O)c1ccc(Cl)cc1)N[C@H]1CCCc2ccccc21. The molecule has 7 heteroatoms. The minimum absolute atomic E-state index is 0.0977. The molecular formula is C25H25ClN2O3S. The van der Waals surface area contributed by atoms with E-state index in [1.165, 1.54) is 34.1 Å². The first-order valence-electron chi connectivity index (χ1n) is 10.6. The Hall–Kier alpha value is -2.67. The van der Waals surface area contributed by atoms with Gasteiger partial charge in [0.1, 0.15) is 0 Å². The summed E-state index contributed by atoms with van der Waals surface area (Å²) in [7, 11) is -3.90. The highest BCUT2D eigenvalue weighted by Crippen LogP contribution is 2.29. The average Bonchev–Trinajstić information content (AvgIpc) is 2.80. The molecule has 3 aromatic carbocycles. The topological polar surface area (TPSA) is 66.5 Å². The number of carbonyl (C=O) groups excluding carboxylic acids is 1. The van der Waals surface area contributed by atoms with Crippen molar-refractivity contribution in [2.75, 3.05) is 6.54 Å². The third-order valence-electron chi connectivity index (χ3n) is 5.68. The van der Waals surface area contributed by atoms with E-state index in [-0.39, 0.29) is 29.9 Å². The lowest BCUT2D eigenvalue weighted by molar-refractivity contribution is -0.122. The molecule has 0 spiro atoms. The predicted molar refractivity (Wildman–Crippen MR) is 126 cm³/mol. The molecule has 0 bridgehead atoms. The van der Waals surface area contributed by atoms with Crippen molar-refractivity contribution in [1.82, 2.24) is 9.62 Å². The number of carbonyl (C=O) groups is 1. The molecular weight excluding hydrogens is 444 g/mol. The minimum Gasteiger partial charge on any atom is -0.348 e. The number of nitrogens with one attached hydrogen (secondary N) is 1. The number of amides is 1. The van der Waals surface area contributed by atoms with Crippen molar-refractivity contribution in [2.45, 2.75) is 36.7 Å². The van der Waals surface area contributed by atoms with Crippen molar-refractivity contribution in [3.63, 3.8) is 0 Å². The van der Waals surface area contributed by atoms with Crippen molar-refractivity contribution in [3.05, 3.63) is 101 Å². The van der Waals surface area contributed by atoms with Crippen LogP contribution in [0.15, 0.2) is 83.8 Å². The van der Waals surface area contributed by atoms with Gasteiger partial charge in [-0.15, -0.1) is 0 Å². The monoisotopic (exact) mass is 468 g/mol. The maximum absolute atomic E-state index is 13.4. The Morgan fingerprint density at radius 1 is 0.969 bits per heavy atom. The third kappa shape index (κ3) is 5.21. The van der Waals surface area contributed by atoms with Gasteiger partial charge in [0.15, 0.2) is 0 Å². The van der Waals surface area contributed by atoms with Gasteiger partial charge in [-0.05, 0) is 60.2 Å². The number of aryl methyl sites for hydroxylation is 1. The van der Waals surface area contributed by atoms with E-state index in [2.05, 4.69) is 11.4 Å². The summed E-state index contributed by atoms with van der Waals surface area (Å²) in [5, 5.41) is 3.51. The molecule has 0 unspecified atom stereocenters. The largest absolute Gasteiger partial charge is 0.348 e. The van der Waals surface area contributed by atoms with Gasteiger partial charge >= 0.3 is 0 Å². The fourth-order valence-corrected chi connectivity index (χ4v) is 5.58. The summed E-state index contributed by atoms with van der Waals surface area (Å²) in [5.74, 6) is -0.319. The van der Waals surface area contributed by atoms with Gasteiger partial charge in [-0.2, -0.15) is 4.31 Å².